The van der Waals surface area contributed by atoms with Crippen molar-refractivity contribution in [2.24, 2.45) is 0 Å². The van der Waals surface area contributed by atoms with Crippen LogP contribution in [0.15, 0.2) is 48.7 Å². The number of hydrogen-bond acceptors (Lipinski definition) is 4. The van der Waals surface area contributed by atoms with E-state index >= 15 is 0 Å². The minimum Gasteiger partial charge on any atom is -0.470 e. The zero-order chi connectivity index (χ0) is 17.5. The molecule has 1 aromatic carbocycles. The second kappa shape index (κ2) is 8.62. The molecule has 0 aliphatic carbocycles. The fourth-order valence-electron chi connectivity index (χ4n) is 2.88. The van der Waals surface area contributed by atoms with E-state index in [4.69, 9.17) is 9.47 Å². The molecule has 1 aliphatic rings. The molecule has 2 aromatic rings. The molecule has 1 fully saturated rings. The number of rotatable bonds is 7. The highest BCUT2D eigenvalue weighted by atomic mass is 16.5. The van der Waals surface area contributed by atoms with E-state index in [1.807, 2.05) is 37.3 Å². The Morgan fingerprint density at radius 1 is 1.32 bits per heavy atom. The molecule has 5 nitrogen and oxygen atoms in total. The monoisotopic (exact) mass is 340 g/mol. The number of amides is 1. The Kier molecular flexibility index (Phi) is 6.01. The van der Waals surface area contributed by atoms with Gasteiger partial charge in [0.05, 0.1) is 11.7 Å². The maximum atomic E-state index is 12.1. The van der Waals surface area contributed by atoms with Gasteiger partial charge in [0.1, 0.15) is 6.10 Å². The number of nitrogens with zero attached hydrogens (tertiary/aromatic N) is 1. The summed E-state index contributed by atoms with van der Waals surface area (Å²) in [6.07, 6.45) is 4.80. The van der Waals surface area contributed by atoms with Crippen LogP contribution in [0.2, 0.25) is 0 Å². The summed E-state index contributed by atoms with van der Waals surface area (Å²) < 4.78 is 11.4. The van der Waals surface area contributed by atoms with Crippen molar-refractivity contribution in [2.45, 2.75) is 38.4 Å². The number of ether oxygens (including phenoxy) is 2. The second-order valence-corrected chi connectivity index (χ2v) is 6.24. The van der Waals surface area contributed by atoms with Crippen LogP contribution in [-0.4, -0.2) is 30.1 Å². The molecule has 1 saturated heterocycles. The lowest BCUT2D eigenvalue weighted by Crippen LogP contribution is -2.27. The Labute approximate surface area is 148 Å². The number of carbonyl (C=O) groups is 1. The van der Waals surface area contributed by atoms with Crippen molar-refractivity contribution in [1.82, 2.24) is 10.3 Å². The Hall–Kier alpha value is -2.40. The number of aromatic nitrogens is 1. The molecular weight excluding hydrogens is 316 g/mol. The van der Waals surface area contributed by atoms with Gasteiger partial charge in [0, 0.05) is 25.4 Å². The highest BCUT2D eigenvalue weighted by Gasteiger charge is 2.15. The fraction of sp³-hybridized carbons (Fsp3) is 0.400. The van der Waals surface area contributed by atoms with Crippen molar-refractivity contribution in [3.8, 4) is 5.88 Å². The minimum absolute atomic E-state index is 0.0974. The third kappa shape index (κ3) is 5.03. The number of nitrogens with one attached hydrogen (secondary N) is 1. The van der Waals surface area contributed by atoms with Crippen LogP contribution in [0.1, 0.15) is 48.2 Å². The molecule has 0 bridgehead atoms. The van der Waals surface area contributed by atoms with Gasteiger partial charge in [0.25, 0.3) is 5.91 Å². The summed E-state index contributed by atoms with van der Waals surface area (Å²) in [5.74, 6) is 0.389. The predicted molar refractivity (Wildman–Crippen MR) is 95.6 cm³/mol. The topological polar surface area (TPSA) is 60.5 Å². The Morgan fingerprint density at radius 2 is 2.16 bits per heavy atom. The average molecular weight is 340 g/mol. The summed E-state index contributed by atoms with van der Waals surface area (Å²) in [5, 5.41) is 2.91. The molecule has 0 spiro atoms. The zero-order valence-corrected chi connectivity index (χ0v) is 14.5. The highest BCUT2D eigenvalue weighted by Crippen LogP contribution is 2.19. The first-order valence-electron chi connectivity index (χ1n) is 8.80. The van der Waals surface area contributed by atoms with Crippen LogP contribution < -0.4 is 10.1 Å². The summed E-state index contributed by atoms with van der Waals surface area (Å²) in [6, 6.07) is 13.4. The van der Waals surface area contributed by atoms with Crippen LogP contribution >= 0.6 is 0 Å². The van der Waals surface area contributed by atoms with Crippen molar-refractivity contribution < 1.29 is 14.3 Å². The van der Waals surface area contributed by atoms with Crippen LogP contribution in [0.5, 0.6) is 5.88 Å². The molecular formula is C20H24N2O3. The van der Waals surface area contributed by atoms with Crippen LogP contribution in [0.4, 0.5) is 0 Å². The van der Waals surface area contributed by atoms with Gasteiger partial charge < -0.3 is 14.8 Å². The minimum atomic E-state index is -0.117. The molecule has 1 amide bonds. The lowest BCUT2D eigenvalue weighted by molar-refractivity contribution is 0.0907. The van der Waals surface area contributed by atoms with Gasteiger partial charge in [-0.3, -0.25) is 4.79 Å². The van der Waals surface area contributed by atoms with Gasteiger partial charge in [-0.05, 0) is 37.8 Å². The molecule has 132 valence electrons. The van der Waals surface area contributed by atoms with Crippen LogP contribution in [-0.2, 0) is 4.74 Å². The maximum Gasteiger partial charge on any atom is 0.252 e. The third-order valence-corrected chi connectivity index (χ3v) is 4.34. The Balaban J connectivity index is 1.48. The lowest BCUT2D eigenvalue weighted by Gasteiger charge is -2.14. The van der Waals surface area contributed by atoms with Crippen molar-refractivity contribution in [3.63, 3.8) is 0 Å². The number of pyridine rings is 1. The molecule has 5 heteroatoms. The summed E-state index contributed by atoms with van der Waals surface area (Å²) in [7, 11) is 0. The predicted octanol–water partition coefficient (Wildman–Crippen LogP) is 3.52. The molecule has 1 N–H and O–H groups in total. The number of benzene rings is 1. The van der Waals surface area contributed by atoms with Crippen LogP contribution in [0.25, 0.3) is 0 Å². The van der Waals surface area contributed by atoms with Gasteiger partial charge in [0.2, 0.25) is 5.88 Å². The largest absolute Gasteiger partial charge is 0.470 e. The average Bonchev–Trinajstić information content (AvgIpc) is 3.16. The summed E-state index contributed by atoms with van der Waals surface area (Å²) >= 11 is 0. The van der Waals surface area contributed by atoms with Crippen molar-refractivity contribution in [1.29, 1.82) is 0 Å². The normalized spacial score (nSPS) is 17.9. The number of hydrogen-bond donors (Lipinski definition) is 1. The molecule has 1 aromatic heterocycles. The molecule has 0 saturated carbocycles. The van der Waals surface area contributed by atoms with E-state index < -0.39 is 0 Å². The van der Waals surface area contributed by atoms with Gasteiger partial charge in [-0.25, -0.2) is 4.98 Å². The first-order chi connectivity index (χ1) is 12.2. The molecule has 0 unspecified atom stereocenters. The zero-order valence-electron chi connectivity index (χ0n) is 14.5. The lowest BCUT2D eigenvalue weighted by atomic mass is 10.1. The van der Waals surface area contributed by atoms with E-state index in [0.29, 0.717) is 18.0 Å². The first kappa shape index (κ1) is 17.4. The molecule has 3 rings (SSSR count). The van der Waals surface area contributed by atoms with Crippen molar-refractivity contribution in [3.05, 3.63) is 59.8 Å². The van der Waals surface area contributed by atoms with E-state index in [1.165, 1.54) is 0 Å². The van der Waals surface area contributed by atoms with Crippen molar-refractivity contribution >= 4 is 5.91 Å². The summed E-state index contributed by atoms with van der Waals surface area (Å²) in [4.78, 5) is 16.4. The standard InChI is InChI=1S/C20H24N2O3/c1-15(16-6-3-2-4-7-16)25-19-10-9-17(14-22-19)20(23)21-12-11-18-8-5-13-24-18/h2-4,6-7,9-10,14-15,18H,5,8,11-13H2,1H3,(H,21,23)/t15-,18-/m1/s1. The van der Waals surface area contributed by atoms with Crippen molar-refractivity contribution in [2.75, 3.05) is 13.2 Å². The molecule has 2 atom stereocenters. The van der Waals surface area contributed by atoms with E-state index in [0.717, 1.165) is 31.4 Å². The maximum absolute atomic E-state index is 12.1. The van der Waals surface area contributed by atoms with Gasteiger partial charge in [-0.1, -0.05) is 30.3 Å². The fourth-order valence-corrected chi connectivity index (χ4v) is 2.88. The first-order valence-corrected chi connectivity index (χ1v) is 8.80. The Bertz CT molecular complexity index is 667. The second-order valence-electron chi connectivity index (χ2n) is 6.24. The SMILES string of the molecule is C[C@@H](Oc1ccc(C(=O)NCC[C@H]2CCCO2)cn1)c1ccccc1. The third-order valence-electron chi connectivity index (χ3n) is 4.34. The smallest absolute Gasteiger partial charge is 0.252 e. The number of carbonyl (C=O) groups excluding carboxylic acids is 1. The summed E-state index contributed by atoms with van der Waals surface area (Å²) in [6.45, 7) is 3.43. The Morgan fingerprint density at radius 3 is 2.84 bits per heavy atom. The molecule has 25 heavy (non-hydrogen) atoms. The van der Waals surface area contributed by atoms with E-state index in [9.17, 15) is 4.79 Å². The summed E-state index contributed by atoms with van der Waals surface area (Å²) in [5.41, 5.74) is 1.62. The molecule has 0 radical (unpaired) electrons. The quantitative estimate of drug-likeness (QED) is 0.838. The van der Waals surface area contributed by atoms with Crippen LogP contribution in [0, 0.1) is 0 Å². The van der Waals surface area contributed by atoms with Gasteiger partial charge in [-0.15, -0.1) is 0 Å². The highest BCUT2D eigenvalue weighted by molar-refractivity contribution is 5.93. The van der Waals surface area contributed by atoms with E-state index in [1.54, 1.807) is 18.3 Å². The van der Waals surface area contributed by atoms with Gasteiger partial charge >= 0.3 is 0 Å². The van der Waals surface area contributed by atoms with E-state index in [-0.39, 0.29) is 18.1 Å². The molecule has 1 aliphatic heterocycles. The van der Waals surface area contributed by atoms with Gasteiger partial charge in [0.15, 0.2) is 0 Å². The van der Waals surface area contributed by atoms with E-state index in [2.05, 4.69) is 10.3 Å². The molecule has 2 heterocycles. The van der Waals surface area contributed by atoms with Gasteiger partial charge in [-0.2, -0.15) is 0 Å². The van der Waals surface area contributed by atoms with Crippen LogP contribution in [0.3, 0.4) is 0 Å².